The predicted octanol–water partition coefficient (Wildman–Crippen LogP) is 15.7. The Kier molecular flexibility index (Phi) is 24.9. The van der Waals surface area contributed by atoms with Crippen LogP contribution in [0.25, 0.3) is 86.5 Å². The zero-order valence-corrected chi connectivity index (χ0v) is 75.4. The molecule has 0 bridgehead atoms. The molecule has 3 fully saturated rings. The Morgan fingerprint density at radius 1 is 0.383 bits per heavy atom. The Labute approximate surface area is 757 Å². The number of hydrogen-bond donors (Lipinski definition) is 9. The number of nitrogen functional groups attached to an aromatic ring is 5. The molecule has 0 radical (unpaired) electrons. The third kappa shape index (κ3) is 18.0. The van der Waals surface area contributed by atoms with Crippen LogP contribution in [-0.2, 0) is 57.3 Å². The summed E-state index contributed by atoms with van der Waals surface area (Å²) in [7, 11) is 0. The van der Waals surface area contributed by atoms with Crippen molar-refractivity contribution < 1.29 is 0 Å². The average Bonchev–Trinajstić information content (AvgIpc) is 1.60. The van der Waals surface area contributed by atoms with E-state index in [0.29, 0.717) is 46.8 Å². The SMILES string of the molecule is CC(C)(C)n1nc(SC2=CCc3ccccc32)c2c(N)ncnc21.CC(C)n1nc(SC2=CCc3ccccc32)c2c(N)ncnc21.Nc1ncnc2c1c(CC1=CCc3ccccc31)nn2CC1CCNCC1.Nc1ncnc2c1c(SC1=CCc3ccccc31)nn2CC1CCNCC1.Nc1ncnc2c1c(Sc1nc3ccccc3[nH]1)nn2CC1CCNCC1. The lowest BCUT2D eigenvalue weighted by molar-refractivity contribution is 0.323. The number of piperidine rings is 3. The van der Waals surface area contributed by atoms with Crippen molar-refractivity contribution in [3.8, 4) is 0 Å². The van der Waals surface area contributed by atoms with Crippen LogP contribution in [-0.4, -0.2) is 148 Å². The van der Waals surface area contributed by atoms with E-state index in [1.54, 1.807) is 41.6 Å². The van der Waals surface area contributed by atoms with Gasteiger partial charge in [-0.25, -0.2) is 78.2 Å². The second-order valence-corrected chi connectivity index (χ2v) is 38.3. The second-order valence-electron chi connectivity index (χ2n) is 34.2. The first-order chi connectivity index (χ1) is 62.5. The standard InChI is InChI=1S/C21H24N6.C20H22N6S.C18H20N8S.C18H19N5S.C17H17N5S/c22-20-19-18(11-16-6-5-15-3-1-2-4-17(15)16)26-27(21(19)25-13-24-20)12-14-7-9-23-10-8-14;21-18-17-19(24-12-23-18)26(11-13-7-9-22-10-8-13)25-20(17)27-16-6-5-14-3-1-2-4-15(14)16;19-15-14-16(22-10-21-15)26(9-11-5-7-20-8-6-11)25-17(14)27-18-23-12-3-1-2-4-13(12)24-18;1-18(2,3)23-16-14(15(19)20-10-21-16)17(22-23)24-13-9-8-11-6-4-5-7-12(11)13;1-10(2)22-16-14(15(18)19-9-20-16)17(21-22)23-13-8-7-11-5-3-4-6-12(11)13/h1-4,6,13-14,23H,5,7-12H2,(H2,22,24,25);1-4,6,12-13,22H,5,7-11H2,(H2,21,23,24);1-4,10-11,20H,5-9H2,(H,23,24)(H2,19,21,22);4-7,9-10H,8H2,1-3H3,(H2,19,20,21);3-6,8-10H,7H2,1-2H3,(H2,18,19,20). The Bertz CT molecular complexity index is 6720. The number of rotatable bonds is 17. The van der Waals surface area contributed by atoms with Crippen LogP contribution in [0.4, 0.5) is 29.1 Å². The first kappa shape index (κ1) is 85.0. The minimum Gasteiger partial charge on any atom is -0.383 e. The molecule has 11 aromatic heterocycles. The number of nitrogens with zero attached hydrogens (tertiary/aromatic N) is 21. The summed E-state index contributed by atoms with van der Waals surface area (Å²) in [6, 6.07) is 42.3. The van der Waals surface area contributed by atoms with Crippen LogP contribution >= 0.6 is 47.0 Å². The maximum atomic E-state index is 6.24. The van der Waals surface area contributed by atoms with Gasteiger partial charge >= 0.3 is 0 Å². The zero-order chi connectivity index (χ0) is 87.5. The Hall–Kier alpha value is -12.4. The van der Waals surface area contributed by atoms with Crippen LogP contribution in [0.5, 0.6) is 0 Å². The maximum Gasteiger partial charge on any atom is 0.172 e. The van der Waals surface area contributed by atoms with E-state index in [-0.39, 0.29) is 11.6 Å². The summed E-state index contributed by atoms with van der Waals surface area (Å²) >= 11 is 6.43. The van der Waals surface area contributed by atoms with E-state index in [0.717, 1.165) is 201 Å². The highest BCUT2D eigenvalue weighted by molar-refractivity contribution is 8.09. The lowest BCUT2D eigenvalue weighted by Gasteiger charge is -2.22. The number of benzene rings is 5. The van der Waals surface area contributed by atoms with E-state index in [2.05, 4.69) is 236 Å². The van der Waals surface area contributed by atoms with E-state index in [9.17, 15) is 0 Å². The van der Waals surface area contributed by atoms with Gasteiger partial charge in [-0.15, -0.1) is 0 Å². The molecular weight excluding hydrogens is 1680 g/mol. The van der Waals surface area contributed by atoms with Crippen LogP contribution in [0.15, 0.2) is 203 Å². The van der Waals surface area contributed by atoms with Gasteiger partial charge in [0, 0.05) is 46.8 Å². The average molecular weight is 1780 g/mol. The van der Waals surface area contributed by atoms with Gasteiger partial charge in [-0.2, -0.15) is 25.5 Å². The third-order valence-corrected chi connectivity index (χ3v) is 28.4. The molecule has 3 saturated heterocycles. The number of nitrogens with two attached hydrogens (primary N) is 5. The Balaban J connectivity index is 0.000000104. The van der Waals surface area contributed by atoms with E-state index >= 15 is 0 Å². The lowest BCUT2D eigenvalue weighted by atomic mass is 9.98. The molecule has 16 aromatic rings. The first-order valence-corrected chi connectivity index (χ1v) is 47.0. The molecule has 0 saturated carbocycles. The van der Waals surface area contributed by atoms with Crippen molar-refractivity contribution in [2.45, 2.75) is 162 Å². The van der Waals surface area contributed by atoms with Gasteiger partial charge in [-0.3, -0.25) is 0 Å². The predicted molar refractivity (Wildman–Crippen MR) is 515 cm³/mol. The van der Waals surface area contributed by atoms with Gasteiger partial charge in [0.05, 0.1) is 49.2 Å². The maximum absolute atomic E-state index is 6.24. The fraction of sp³-hybridized carbons (Fsp3) is 0.319. The second kappa shape index (κ2) is 37.5. The quantitative estimate of drug-likeness (QED) is 0.0409. The van der Waals surface area contributed by atoms with Crippen LogP contribution in [0, 0.1) is 17.8 Å². The summed E-state index contributed by atoms with van der Waals surface area (Å²) < 4.78 is 9.92. The van der Waals surface area contributed by atoms with Gasteiger partial charge in [-0.05, 0) is 230 Å². The zero-order valence-electron chi connectivity index (χ0n) is 72.1. The number of aromatic nitrogens is 22. The number of hydrogen-bond acceptors (Lipinski definition) is 28. The van der Waals surface area contributed by atoms with Gasteiger partial charge in [0.1, 0.15) is 80.8 Å². The van der Waals surface area contributed by atoms with Crippen molar-refractivity contribution >= 4 is 163 Å². The summed E-state index contributed by atoms with van der Waals surface area (Å²) in [5.74, 6) is 4.29. The molecule has 128 heavy (non-hydrogen) atoms. The summed E-state index contributed by atoms with van der Waals surface area (Å²) in [5.41, 5.74) is 49.6. The molecule has 30 nitrogen and oxygen atoms in total. The number of nitrogens with one attached hydrogen (secondary N) is 4. The monoisotopic (exact) mass is 1780 g/mol. The topological polar surface area (TPSA) is 413 Å². The molecular formula is C94H102N30S4. The first-order valence-electron chi connectivity index (χ1n) is 43.8. The van der Waals surface area contributed by atoms with Crippen molar-refractivity contribution in [2.24, 2.45) is 17.8 Å². The van der Waals surface area contributed by atoms with Crippen molar-refractivity contribution in [1.29, 1.82) is 0 Å². The molecule has 0 amide bonds. The number of imidazole rings is 1. The van der Waals surface area contributed by atoms with Crippen molar-refractivity contribution in [2.75, 3.05) is 67.9 Å². The van der Waals surface area contributed by atoms with Crippen LogP contribution in [0.3, 0.4) is 0 Å². The van der Waals surface area contributed by atoms with E-state index in [4.69, 9.17) is 54.2 Å². The third-order valence-electron chi connectivity index (χ3n) is 24.3. The van der Waals surface area contributed by atoms with Crippen LogP contribution in [0.2, 0.25) is 0 Å². The van der Waals surface area contributed by atoms with Gasteiger partial charge in [-0.1, -0.05) is 169 Å². The van der Waals surface area contributed by atoms with Gasteiger partial charge in [0.25, 0.3) is 0 Å². The number of fused-ring (bicyclic) bond motifs is 10. The van der Waals surface area contributed by atoms with Crippen molar-refractivity contribution in [3.05, 3.63) is 227 Å². The highest BCUT2D eigenvalue weighted by atomic mass is 32.2. The normalized spacial score (nSPS) is 15.7. The molecule has 5 aromatic carbocycles. The Morgan fingerprint density at radius 2 is 0.742 bits per heavy atom. The Morgan fingerprint density at radius 3 is 1.20 bits per heavy atom. The molecule has 0 unspecified atom stereocenters. The number of anilines is 5. The highest BCUT2D eigenvalue weighted by Gasteiger charge is 2.31. The fourth-order valence-electron chi connectivity index (χ4n) is 17.7. The van der Waals surface area contributed by atoms with Crippen molar-refractivity contribution in [3.63, 3.8) is 0 Å². The molecule has 4 aliphatic carbocycles. The van der Waals surface area contributed by atoms with Crippen LogP contribution in [0.1, 0.15) is 129 Å². The van der Waals surface area contributed by atoms with Gasteiger partial charge < -0.3 is 49.6 Å². The smallest absolute Gasteiger partial charge is 0.172 e. The van der Waals surface area contributed by atoms with E-state index in [1.807, 2.05) is 43.0 Å². The minimum atomic E-state index is -0.181. The molecule has 0 atom stereocenters. The fourth-order valence-corrected chi connectivity index (χ4v) is 21.9. The minimum absolute atomic E-state index is 0.181. The number of aromatic amines is 1. The van der Waals surface area contributed by atoms with Crippen molar-refractivity contribution in [1.82, 2.24) is 125 Å². The molecule has 652 valence electrons. The summed E-state index contributed by atoms with van der Waals surface area (Å²) in [6.07, 6.45) is 28.3. The largest absolute Gasteiger partial charge is 0.383 e. The molecule has 3 aliphatic heterocycles. The van der Waals surface area contributed by atoms with E-state index < -0.39 is 0 Å². The number of thioether (sulfide) groups is 3. The number of para-hydroxylation sites is 2. The molecule has 0 spiro atoms. The molecule has 7 aliphatic rings. The summed E-state index contributed by atoms with van der Waals surface area (Å²) in [6.45, 7) is 19.5. The number of H-pyrrole nitrogens is 1. The van der Waals surface area contributed by atoms with Crippen LogP contribution < -0.4 is 44.6 Å². The molecule has 34 heteroatoms. The van der Waals surface area contributed by atoms with Gasteiger partial charge in [0.15, 0.2) is 33.4 Å². The lowest BCUT2D eigenvalue weighted by Crippen LogP contribution is -2.30. The highest BCUT2D eigenvalue weighted by Crippen LogP contribution is 2.47. The number of allylic oxidation sites excluding steroid dienone is 5. The molecule has 14 N–H and O–H groups in total. The van der Waals surface area contributed by atoms with Gasteiger partial charge in [0.2, 0.25) is 0 Å². The summed E-state index contributed by atoms with van der Waals surface area (Å²) in [5, 5.41) is 43.0. The molecule has 14 heterocycles. The van der Waals surface area contributed by atoms with E-state index in [1.165, 1.54) is 128 Å². The summed E-state index contributed by atoms with van der Waals surface area (Å²) in [4.78, 5) is 54.9. The molecule has 23 rings (SSSR count).